The zero-order valence-corrected chi connectivity index (χ0v) is 15.8. The third-order valence-corrected chi connectivity index (χ3v) is 4.38. The predicted octanol–water partition coefficient (Wildman–Crippen LogP) is 3.80. The van der Waals surface area contributed by atoms with Crippen LogP contribution in [0.25, 0.3) is 0 Å². The van der Waals surface area contributed by atoms with Gasteiger partial charge in [-0.15, -0.1) is 0 Å². The maximum absolute atomic E-state index is 13.6. The average Bonchev–Trinajstić information content (AvgIpc) is 2.89. The Morgan fingerprint density at radius 1 is 1.19 bits per heavy atom. The van der Waals surface area contributed by atoms with Crippen LogP contribution in [0.1, 0.15) is 50.6 Å². The van der Waals surface area contributed by atoms with Gasteiger partial charge < -0.3 is 14.0 Å². The molecule has 0 bridgehead atoms. The lowest BCUT2D eigenvalue weighted by molar-refractivity contribution is 0.0474. The number of aryl methyl sites for hydroxylation is 2. The van der Waals surface area contributed by atoms with Crippen molar-refractivity contribution in [3.05, 3.63) is 58.2 Å². The molecule has 0 aliphatic heterocycles. The van der Waals surface area contributed by atoms with Crippen LogP contribution in [0.5, 0.6) is 0 Å². The zero-order chi connectivity index (χ0) is 19.4. The Kier molecular flexibility index (Phi) is 6.32. The first kappa shape index (κ1) is 19.8. The number of carbonyl (C=O) groups excluding carboxylic acids is 2. The molecule has 2 rings (SSSR count). The topological polar surface area (TPSA) is 57.5 Å². The summed E-state index contributed by atoms with van der Waals surface area (Å²) in [6.45, 7) is 7.51. The van der Waals surface area contributed by atoms with Crippen LogP contribution in [0.4, 0.5) is 4.39 Å². The van der Waals surface area contributed by atoms with Crippen LogP contribution >= 0.6 is 0 Å². The van der Waals surface area contributed by atoms with E-state index < -0.39 is 18.4 Å². The monoisotopic (exact) mass is 361 g/mol. The van der Waals surface area contributed by atoms with Gasteiger partial charge in [0.2, 0.25) is 5.78 Å². The quantitative estimate of drug-likeness (QED) is 0.556. The number of ether oxygens (including phenoxy) is 2. The molecule has 0 unspecified atom stereocenters. The highest BCUT2D eigenvalue weighted by atomic mass is 19.1. The minimum atomic E-state index is -0.723. The van der Waals surface area contributed by atoms with Crippen molar-refractivity contribution in [2.24, 2.45) is 0 Å². The summed E-state index contributed by atoms with van der Waals surface area (Å²) in [5.74, 6) is -1.50. The first-order valence-corrected chi connectivity index (χ1v) is 8.40. The van der Waals surface area contributed by atoms with Crippen molar-refractivity contribution in [2.75, 3.05) is 20.3 Å². The van der Waals surface area contributed by atoms with E-state index in [0.29, 0.717) is 17.7 Å². The Morgan fingerprint density at radius 3 is 2.50 bits per heavy atom. The van der Waals surface area contributed by atoms with Crippen LogP contribution in [-0.4, -0.2) is 36.6 Å². The summed E-state index contributed by atoms with van der Waals surface area (Å²) in [5, 5.41) is 0. The van der Waals surface area contributed by atoms with E-state index in [1.54, 1.807) is 20.1 Å². The molecule has 0 spiro atoms. The summed E-state index contributed by atoms with van der Waals surface area (Å²) in [5.41, 5.74) is 2.76. The van der Waals surface area contributed by atoms with E-state index in [2.05, 4.69) is 0 Å². The third kappa shape index (κ3) is 4.19. The summed E-state index contributed by atoms with van der Waals surface area (Å²) in [6, 6.07) is 5.95. The second kappa shape index (κ2) is 8.27. The fourth-order valence-electron chi connectivity index (χ4n) is 3.07. The maximum atomic E-state index is 13.6. The van der Waals surface area contributed by atoms with Crippen molar-refractivity contribution < 1.29 is 23.5 Å². The van der Waals surface area contributed by atoms with Gasteiger partial charge in [0.1, 0.15) is 5.82 Å². The van der Waals surface area contributed by atoms with Crippen molar-refractivity contribution in [1.82, 2.24) is 4.57 Å². The molecule has 0 fully saturated rings. The minimum Gasteiger partial charge on any atom is -0.454 e. The van der Waals surface area contributed by atoms with Gasteiger partial charge in [-0.05, 0) is 51.5 Å². The average molecular weight is 361 g/mol. The smallest absolute Gasteiger partial charge is 0.338 e. The summed E-state index contributed by atoms with van der Waals surface area (Å²) in [7, 11) is 1.63. The third-order valence-electron chi connectivity index (χ3n) is 4.38. The Bertz CT molecular complexity index is 825. The van der Waals surface area contributed by atoms with Gasteiger partial charge in [-0.25, -0.2) is 9.18 Å². The number of rotatable bonds is 7. The molecule has 6 heteroatoms. The van der Waals surface area contributed by atoms with Crippen LogP contribution in [0, 0.1) is 26.6 Å². The van der Waals surface area contributed by atoms with Gasteiger partial charge in [0.05, 0.1) is 18.2 Å². The van der Waals surface area contributed by atoms with Crippen molar-refractivity contribution in [2.45, 2.75) is 33.7 Å². The predicted molar refractivity (Wildman–Crippen MR) is 96.2 cm³/mol. The molecule has 0 aliphatic carbocycles. The van der Waals surface area contributed by atoms with Crippen LogP contribution < -0.4 is 0 Å². The molecule has 1 aromatic heterocycles. The lowest BCUT2D eigenvalue weighted by Crippen LogP contribution is -2.17. The number of ketones is 1. The largest absolute Gasteiger partial charge is 0.454 e. The molecule has 140 valence electrons. The van der Waals surface area contributed by atoms with E-state index in [-0.39, 0.29) is 17.4 Å². The zero-order valence-electron chi connectivity index (χ0n) is 15.8. The van der Waals surface area contributed by atoms with Gasteiger partial charge in [-0.1, -0.05) is 6.07 Å². The number of hydrogen-bond donors (Lipinski definition) is 0. The molecule has 0 radical (unpaired) electrons. The van der Waals surface area contributed by atoms with Crippen LogP contribution in [0.15, 0.2) is 24.3 Å². The van der Waals surface area contributed by atoms with E-state index in [1.165, 1.54) is 12.1 Å². The fraction of sp³-hybridized carbons (Fsp3) is 0.400. The van der Waals surface area contributed by atoms with Gasteiger partial charge in [0.25, 0.3) is 0 Å². The molecule has 0 amide bonds. The van der Waals surface area contributed by atoms with Crippen LogP contribution in [-0.2, 0) is 9.47 Å². The second-order valence-electron chi connectivity index (χ2n) is 6.42. The van der Waals surface area contributed by atoms with Gasteiger partial charge in [-0.3, -0.25) is 4.79 Å². The van der Waals surface area contributed by atoms with Crippen molar-refractivity contribution in [3.63, 3.8) is 0 Å². The molecular weight excluding hydrogens is 337 g/mol. The maximum Gasteiger partial charge on any atom is 0.338 e. The molecule has 2 aromatic rings. The van der Waals surface area contributed by atoms with Gasteiger partial charge in [-0.2, -0.15) is 0 Å². The number of aromatic nitrogens is 1. The van der Waals surface area contributed by atoms with E-state index in [9.17, 15) is 14.0 Å². The van der Waals surface area contributed by atoms with Gasteiger partial charge in [0.15, 0.2) is 6.61 Å². The SMILES string of the molecule is COC[C@@H](C)n1c(C)cc(C(=O)COC(=O)c2ccc(C)c(F)c2)c1C. The van der Waals surface area contributed by atoms with E-state index >= 15 is 0 Å². The molecule has 0 saturated carbocycles. The number of esters is 1. The molecule has 1 heterocycles. The van der Waals surface area contributed by atoms with Gasteiger partial charge >= 0.3 is 5.97 Å². The standard InChI is InChI=1S/C20H24FNO4/c1-12-6-7-16(9-18(12)21)20(24)26-11-19(23)17-8-13(2)22(15(17)4)14(3)10-25-5/h6-9,14H,10-11H2,1-5H3/t14-/m1/s1. The van der Waals surface area contributed by atoms with E-state index in [1.807, 2.05) is 25.3 Å². The Morgan fingerprint density at radius 2 is 1.88 bits per heavy atom. The number of nitrogens with zero attached hydrogens (tertiary/aromatic N) is 1. The second-order valence-corrected chi connectivity index (χ2v) is 6.42. The Hall–Kier alpha value is -2.47. The first-order valence-electron chi connectivity index (χ1n) is 8.40. The van der Waals surface area contributed by atoms with Crippen LogP contribution in [0.2, 0.25) is 0 Å². The minimum absolute atomic E-state index is 0.0830. The van der Waals surface area contributed by atoms with E-state index in [4.69, 9.17) is 9.47 Å². The molecular formula is C20H24FNO4. The number of carbonyl (C=O) groups is 2. The highest BCUT2D eigenvalue weighted by Gasteiger charge is 2.20. The van der Waals surface area contributed by atoms with Crippen molar-refractivity contribution >= 4 is 11.8 Å². The number of hydrogen-bond acceptors (Lipinski definition) is 4. The number of methoxy groups -OCH3 is 1. The molecule has 0 N–H and O–H groups in total. The summed E-state index contributed by atoms with van der Waals surface area (Å²) in [6.07, 6.45) is 0. The fourth-order valence-corrected chi connectivity index (χ4v) is 3.07. The lowest BCUT2D eigenvalue weighted by Gasteiger charge is -2.17. The number of benzene rings is 1. The highest BCUT2D eigenvalue weighted by molar-refractivity contribution is 6.00. The summed E-state index contributed by atoms with van der Waals surface area (Å²) in [4.78, 5) is 24.5. The lowest BCUT2D eigenvalue weighted by atomic mass is 10.1. The van der Waals surface area contributed by atoms with Crippen molar-refractivity contribution in [1.29, 1.82) is 0 Å². The number of halogens is 1. The molecule has 0 saturated heterocycles. The summed E-state index contributed by atoms with van der Waals surface area (Å²) < 4.78 is 25.8. The van der Waals surface area contributed by atoms with E-state index in [0.717, 1.165) is 17.5 Å². The van der Waals surface area contributed by atoms with Crippen LogP contribution in [0.3, 0.4) is 0 Å². The van der Waals surface area contributed by atoms with Gasteiger partial charge in [0, 0.05) is 24.1 Å². The Labute approximate surface area is 152 Å². The molecule has 26 heavy (non-hydrogen) atoms. The number of Topliss-reactive ketones (excluding diaryl/α,β-unsaturated/α-hetero) is 1. The molecule has 1 atom stereocenters. The van der Waals surface area contributed by atoms with Crippen molar-refractivity contribution in [3.8, 4) is 0 Å². The molecule has 0 aliphatic rings. The highest BCUT2D eigenvalue weighted by Crippen LogP contribution is 2.21. The first-order chi connectivity index (χ1) is 12.3. The Balaban J connectivity index is 2.09. The normalized spacial score (nSPS) is 12.1. The summed E-state index contributed by atoms with van der Waals surface area (Å²) >= 11 is 0. The molecule has 1 aromatic carbocycles. The molecule has 5 nitrogen and oxygen atoms in total.